The molecule has 0 bridgehead atoms. The van der Waals surface area contributed by atoms with Gasteiger partial charge >= 0.3 is 5.97 Å². The SMILES string of the molecule is CCNC(CSc1nc(C)co1)C(=O)OC. The van der Waals surface area contributed by atoms with Crippen LogP contribution in [0.5, 0.6) is 0 Å². The van der Waals surface area contributed by atoms with E-state index in [9.17, 15) is 4.79 Å². The fourth-order valence-electron chi connectivity index (χ4n) is 1.15. The Hall–Kier alpha value is -1.01. The third-order valence-corrected chi connectivity index (χ3v) is 2.84. The predicted molar refractivity (Wildman–Crippen MR) is 61.4 cm³/mol. The van der Waals surface area contributed by atoms with E-state index in [1.54, 1.807) is 6.26 Å². The number of hydrogen-bond donors (Lipinski definition) is 1. The first kappa shape index (κ1) is 13.1. The van der Waals surface area contributed by atoms with Crippen LogP contribution in [0.3, 0.4) is 0 Å². The van der Waals surface area contributed by atoms with Crippen molar-refractivity contribution < 1.29 is 13.9 Å². The monoisotopic (exact) mass is 244 g/mol. The summed E-state index contributed by atoms with van der Waals surface area (Å²) in [6.07, 6.45) is 1.59. The Balaban J connectivity index is 2.46. The van der Waals surface area contributed by atoms with Gasteiger partial charge in [0.25, 0.3) is 5.22 Å². The number of esters is 1. The van der Waals surface area contributed by atoms with E-state index in [0.29, 0.717) is 17.5 Å². The predicted octanol–water partition coefficient (Wildman–Crippen LogP) is 1.23. The maximum atomic E-state index is 11.4. The molecule has 1 rings (SSSR count). The molecule has 1 atom stereocenters. The standard InChI is InChI=1S/C10H16N2O3S/c1-4-11-8(9(13)14-3)6-16-10-12-7(2)5-15-10/h5,8,11H,4,6H2,1-3H3. The molecule has 1 unspecified atom stereocenters. The smallest absolute Gasteiger partial charge is 0.323 e. The lowest BCUT2D eigenvalue weighted by Crippen LogP contribution is -2.39. The zero-order valence-corrected chi connectivity index (χ0v) is 10.5. The lowest BCUT2D eigenvalue weighted by molar-refractivity contribution is -0.142. The topological polar surface area (TPSA) is 64.4 Å². The van der Waals surface area contributed by atoms with Crippen LogP contribution >= 0.6 is 11.8 Å². The zero-order chi connectivity index (χ0) is 12.0. The summed E-state index contributed by atoms with van der Waals surface area (Å²) in [4.78, 5) is 15.5. The molecule has 1 heterocycles. The average Bonchev–Trinajstić information content (AvgIpc) is 2.69. The summed E-state index contributed by atoms with van der Waals surface area (Å²) in [5.74, 6) is 0.276. The number of ether oxygens (including phenoxy) is 1. The van der Waals surface area contributed by atoms with Gasteiger partial charge in [-0.1, -0.05) is 18.7 Å². The van der Waals surface area contributed by atoms with Crippen molar-refractivity contribution >= 4 is 17.7 Å². The van der Waals surface area contributed by atoms with E-state index in [2.05, 4.69) is 10.3 Å². The van der Waals surface area contributed by atoms with Crippen LogP contribution in [0.1, 0.15) is 12.6 Å². The highest BCUT2D eigenvalue weighted by Crippen LogP contribution is 2.17. The normalized spacial score (nSPS) is 12.4. The number of carbonyl (C=O) groups excluding carboxylic acids is 1. The van der Waals surface area contributed by atoms with Crippen LogP contribution in [0.15, 0.2) is 15.9 Å². The number of aryl methyl sites for hydroxylation is 1. The van der Waals surface area contributed by atoms with Gasteiger partial charge in [-0.05, 0) is 13.5 Å². The van der Waals surface area contributed by atoms with Gasteiger partial charge in [0, 0.05) is 5.75 Å². The molecule has 0 radical (unpaired) electrons. The third kappa shape index (κ3) is 3.86. The maximum Gasteiger partial charge on any atom is 0.323 e. The Morgan fingerprint density at radius 2 is 2.50 bits per heavy atom. The molecule has 16 heavy (non-hydrogen) atoms. The van der Waals surface area contributed by atoms with Crippen molar-refractivity contribution in [1.82, 2.24) is 10.3 Å². The van der Waals surface area contributed by atoms with Crippen LogP contribution in [0.2, 0.25) is 0 Å². The highest BCUT2D eigenvalue weighted by Gasteiger charge is 2.19. The largest absolute Gasteiger partial charge is 0.468 e. The van der Waals surface area contributed by atoms with Crippen LogP contribution in [-0.4, -0.2) is 36.4 Å². The van der Waals surface area contributed by atoms with Crippen molar-refractivity contribution in [2.75, 3.05) is 19.4 Å². The highest BCUT2D eigenvalue weighted by molar-refractivity contribution is 7.99. The summed E-state index contributed by atoms with van der Waals surface area (Å²) in [5, 5.41) is 3.62. The first-order chi connectivity index (χ1) is 7.67. The van der Waals surface area contributed by atoms with Gasteiger partial charge in [-0.15, -0.1) is 0 Å². The molecule has 0 aromatic carbocycles. The fraction of sp³-hybridized carbons (Fsp3) is 0.600. The molecule has 1 N–H and O–H groups in total. The Morgan fingerprint density at radius 3 is 3.00 bits per heavy atom. The minimum absolute atomic E-state index is 0.266. The summed E-state index contributed by atoms with van der Waals surface area (Å²) < 4.78 is 9.87. The van der Waals surface area contributed by atoms with E-state index in [1.807, 2.05) is 13.8 Å². The quantitative estimate of drug-likeness (QED) is 0.599. The molecule has 1 aromatic rings. The number of nitrogens with one attached hydrogen (secondary N) is 1. The van der Waals surface area contributed by atoms with Crippen molar-refractivity contribution in [3.05, 3.63) is 12.0 Å². The highest BCUT2D eigenvalue weighted by atomic mass is 32.2. The van der Waals surface area contributed by atoms with Crippen molar-refractivity contribution in [2.24, 2.45) is 0 Å². The molecule has 0 fully saturated rings. The van der Waals surface area contributed by atoms with Crippen LogP contribution in [0.25, 0.3) is 0 Å². The van der Waals surface area contributed by atoms with E-state index in [-0.39, 0.29) is 12.0 Å². The van der Waals surface area contributed by atoms with Gasteiger partial charge in [-0.3, -0.25) is 4.79 Å². The Bertz CT molecular complexity index is 341. The molecule has 0 aliphatic heterocycles. The number of nitrogens with zero attached hydrogens (tertiary/aromatic N) is 1. The Morgan fingerprint density at radius 1 is 1.75 bits per heavy atom. The van der Waals surface area contributed by atoms with Crippen LogP contribution in [0, 0.1) is 6.92 Å². The number of rotatable bonds is 6. The third-order valence-electron chi connectivity index (χ3n) is 1.91. The van der Waals surface area contributed by atoms with Gasteiger partial charge in [0.2, 0.25) is 0 Å². The van der Waals surface area contributed by atoms with E-state index in [4.69, 9.17) is 9.15 Å². The van der Waals surface area contributed by atoms with Crippen molar-refractivity contribution in [3.63, 3.8) is 0 Å². The minimum atomic E-state index is -0.327. The Kier molecular flexibility index (Phi) is 5.34. The molecule has 0 saturated heterocycles. The van der Waals surface area contributed by atoms with Crippen molar-refractivity contribution in [2.45, 2.75) is 25.1 Å². The first-order valence-electron chi connectivity index (χ1n) is 5.03. The molecule has 0 aliphatic carbocycles. The van der Waals surface area contributed by atoms with Crippen molar-refractivity contribution in [1.29, 1.82) is 0 Å². The first-order valence-corrected chi connectivity index (χ1v) is 6.02. The lowest BCUT2D eigenvalue weighted by atomic mass is 10.3. The maximum absolute atomic E-state index is 11.4. The number of oxazole rings is 1. The molecular formula is C10H16N2O3S. The average molecular weight is 244 g/mol. The molecular weight excluding hydrogens is 228 g/mol. The second kappa shape index (κ2) is 6.55. The molecule has 0 saturated carbocycles. The molecule has 90 valence electrons. The molecule has 0 aliphatic rings. The number of aromatic nitrogens is 1. The van der Waals surface area contributed by atoms with Crippen LogP contribution in [0.4, 0.5) is 0 Å². The number of thioether (sulfide) groups is 1. The summed E-state index contributed by atoms with van der Waals surface area (Å²) in [7, 11) is 1.38. The molecule has 0 amide bonds. The molecule has 6 heteroatoms. The van der Waals surface area contributed by atoms with Crippen molar-refractivity contribution in [3.8, 4) is 0 Å². The summed E-state index contributed by atoms with van der Waals surface area (Å²) in [6, 6.07) is -0.327. The summed E-state index contributed by atoms with van der Waals surface area (Å²) >= 11 is 1.39. The van der Waals surface area contributed by atoms with E-state index >= 15 is 0 Å². The molecule has 0 spiro atoms. The number of carbonyl (C=O) groups is 1. The van der Waals surface area contributed by atoms with Gasteiger partial charge in [-0.25, -0.2) is 4.98 Å². The van der Waals surface area contributed by atoms with E-state index in [0.717, 1.165) is 5.69 Å². The number of methoxy groups -OCH3 is 1. The van der Waals surface area contributed by atoms with Gasteiger partial charge in [-0.2, -0.15) is 0 Å². The summed E-state index contributed by atoms with van der Waals surface area (Å²) in [5.41, 5.74) is 0.834. The molecule has 1 aromatic heterocycles. The summed E-state index contributed by atoms with van der Waals surface area (Å²) in [6.45, 7) is 4.51. The lowest BCUT2D eigenvalue weighted by Gasteiger charge is -2.13. The van der Waals surface area contributed by atoms with Gasteiger partial charge < -0.3 is 14.5 Å². The van der Waals surface area contributed by atoms with E-state index < -0.39 is 0 Å². The van der Waals surface area contributed by atoms with Gasteiger partial charge in [0.1, 0.15) is 12.3 Å². The van der Waals surface area contributed by atoms with Gasteiger partial charge in [0.05, 0.1) is 12.8 Å². The molecule has 5 nitrogen and oxygen atoms in total. The second-order valence-electron chi connectivity index (χ2n) is 3.20. The van der Waals surface area contributed by atoms with Gasteiger partial charge in [0.15, 0.2) is 0 Å². The van der Waals surface area contributed by atoms with Crippen LogP contribution < -0.4 is 5.32 Å². The zero-order valence-electron chi connectivity index (χ0n) is 9.65. The Labute approximate surface area is 98.9 Å². The van der Waals surface area contributed by atoms with E-state index in [1.165, 1.54) is 18.9 Å². The fourth-order valence-corrected chi connectivity index (χ4v) is 2.04. The number of likely N-dealkylation sites (N-methyl/N-ethyl adjacent to an activating group) is 1. The minimum Gasteiger partial charge on any atom is -0.468 e. The number of hydrogen-bond acceptors (Lipinski definition) is 6. The van der Waals surface area contributed by atoms with Crippen LogP contribution in [-0.2, 0) is 9.53 Å². The second-order valence-corrected chi connectivity index (χ2v) is 4.17.